The number of aromatic nitrogens is 3. The molecular weight excluding hydrogens is 402 g/mol. The van der Waals surface area contributed by atoms with Crippen LogP contribution in [0.2, 0.25) is 0 Å². The number of aryl methyl sites for hydroxylation is 2. The minimum atomic E-state index is 0.476. The molecular formula is C22H20BrN3O. The predicted molar refractivity (Wildman–Crippen MR) is 110 cm³/mol. The zero-order chi connectivity index (χ0) is 18.2. The van der Waals surface area contributed by atoms with Gasteiger partial charge in [-0.3, -0.25) is 0 Å². The molecule has 1 aliphatic heterocycles. The van der Waals surface area contributed by atoms with E-state index in [-0.39, 0.29) is 0 Å². The normalized spacial score (nSPS) is 13.7. The van der Waals surface area contributed by atoms with Crippen LogP contribution in [-0.2, 0) is 19.6 Å². The molecule has 136 valence electrons. The first-order valence-corrected chi connectivity index (χ1v) is 10.1. The van der Waals surface area contributed by atoms with Crippen molar-refractivity contribution in [1.29, 1.82) is 0 Å². The van der Waals surface area contributed by atoms with Crippen molar-refractivity contribution in [2.75, 3.05) is 0 Å². The van der Waals surface area contributed by atoms with E-state index in [1.807, 2.05) is 28.8 Å². The third-order valence-electron chi connectivity index (χ3n) is 5.18. The van der Waals surface area contributed by atoms with Crippen LogP contribution in [0, 0.1) is 0 Å². The molecule has 0 amide bonds. The molecule has 0 N–H and O–H groups in total. The lowest BCUT2D eigenvalue weighted by atomic mass is 10.0. The Kier molecular flexibility index (Phi) is 4.24. The number of hydrogen-bond acceptors (Lipinski definition) is 2. The van der Waals surface area contributed by atoms with Crippen molar-refractivity contribution in [3.63, 3.8) is 0 Å². The highest BCUT2D eigenvalue weighted by Crippen LogP contribution is 2.33. The summed E-state index contributed by atoms with van der Waals surface area (Å²) < 4.78 is 11.4. The zero-order valence-corrected chi connectivity index (χ0v) is 16.5. The molecule has 4 aromatic rings. The fourth-order valence-corrected chi connectivity index (χ4v) is 4.15. The van der Waals surface area contributed by atoms with Crippen LogP contribution in [0.25, 0.3) is 16.8 Å². The summed E-state index contributed by atoms with van der Waals surface area (Å²) in [7, 11) is 0. The van der Waals surface area contributed by atoms with Crippen LogP contribution in [0.4, 0.5) is 0 Å². The van der Waals surface area contributed by atoms with E-state index in [1.165, 1.54) is 35.2 Å². The minimum Gasteiger partial charge on any atom is -0.486 e. The lowest BCUT2D eigenvalue weighted by Gasteiger charge is -2.08. The molecule has 4 nitrogen and oxygen atoms in total. The van der Waals surface area contributed by atoms with Gasteiger partial charge in [0.2, 0.25) is 0 Å². The molecule has 0 unspecified atom stereocenters. The van der Waals surface area contributed by atoms with Gasteiger partial charge < -0.3 is 9.30 Å². The van der Waals surface area contributed by atoms with Crippen molar-refractivity contribution in [2.24, 2.45) is 0 Å². The van der Waals surface area contributed by atoms with Crippen LogP contribution in [0.1, 0.15) is 24.2 Å². The van der Waals surface area contributed by atoms with Crippen LogP contribution in [0.5, 0.6) is 5.75 Å². The number of ether oxygens (including phenoxy) is 1. The van der Waals surface area contributed by atoms with Gasteiger partial charge >= 0.3 is 0 Å². The Hall–Kier alpha value is -2.53. The van der Waals surface area contributed by atoms with Crippen LogP contribution in [-0.4, -0.2) is 14.2 Å². The molecule has 1 aliphatic rings. The molecule has 0 fully saturated rings. The molecule has 5 heteroatoms. The number of benzene rings is 2. The van der Waals surface area contributed by atoms with E-state index in [0.717, 1.165) is 29.0 Å². The molecule has 2 aromatic carbocycles. The second kappa shape index (κ2) is 6.89. The predicted octanol–water partition coefficient (Wildman–Crippen LogP) is 5.48. The quantitative estimate of drug-likeness (QED) is 0.436. The van der Waals surface area contributed by atoms with Gasteiger partial charge in [-0.25, -0.2) is 4.52 Å². The lowest BCUT2D eigenvalue weighted by molar-refractivity contribution is 0.288. The van der Waals surface area contributed by atoms with E-state index in [1.54, 1.807) is 0 Å². The van der Waals surface area contributed by atoms with Gasteiger partial charge in [0.05, 0.1) is 0 Å². The first-order valence-electron chi connectivity index (χ1n) is 9.33. The van der Waals surface area contributed by atoms with Gasteiger partial charge in [0.1, 0.15) is 18.0 Å². The van der Waals surface area contributed by atoms with Crippen LogP contribution in [0.3, 0.4) is 0 Å². The van der Waals surface area contributed by atoms with E-state index in [2.05, 4.69) is 57.0 Å². The molecule has 0 saturated carbocycles. The molecule has 5 rings (SSSR count). The van der Waals surface area contributed by atoms with Gasteiger partial charge in [0.15, 0.2) is 5.82 Å². The maximum absolute atomic E-state index is 5.99. The molecule has 0 radical (unpaired) electrons. The highest BCUT2D eigenvalue weighted by molar-refractivity contribution is 9.10. The van der Waals surface area contributed by atoms with Gasteiger partial charge in [-0.05, 0) is 49.1 Å². The SMILES string of the molecule is Brc1ccc(OCc2nn3cc(-c4ccccc4)c4c3n2CCCC4)cc1. The van der Waals surface area contributed by atoms with Crippen LogP contribution < -0.4 is 4.74 Å². The molecule has 0 atom stereocenters. The number of nitrogens with zero attached hydrogens (tertiary/aromatic N) is 3. The highest BCUT2D eigenvalue weighted by atomic mass is 79.9. The highest BCUT2D eigenvalue weighted by Gasteiger charge is 2.22. The van der Waals surface area contributed by atoms with E-state index in [4.69, 9.17) is 9.84 Å². The van der Waals surface area contributed by atoms with Crippen molar-refractivity contribution in [3.05, 3.63) is 76.7 Å². The van der Waals surface area contributed by atoms with Gasteiger partial charge in [0.25, 0.3) is 0 Å². The molecule has 3 heterocycles. The van der Waals surface area contributed by atoms with E-state index in [9.17, 15) is 0 Å². The molecule has 0 saturated heterocycles. The Balaban J connectivity index is 1.52. The van der Waals surface area contributed by atoms with Gasteiger partial charge in [0, 0.05) is 28.3 Å². The van der Waals surface area contributed by atoms with Gasteiger partial charge in [-0.15, -0.1) is 5.10 Å². The van der Waals surface area contributed by atoms with E-state index < -0.39 is 0 Å². The summed E-state index contributed by atoms with van der Waals surface area (Å²) in [6.45, 7) is 1.47. The first-order chi connectivity index (χ1) is 13.3. The maximum atomic E-state index is 5.99. The van der Waals surface area contributed by atoms with Crippen LogP contribution in [0.15, 0.2) is 65.3 Å². The smallest absolute Gasteiger partial charge is 0.169 e. The van der Waals surface area contributed by atoms with Crippen LogP contribution >= 0.6 is 15.9 Å². The fraction of sp³-hybridized carbons (Fsp3) is 0.227. The summed E-state index contributed by atoms with van der Waals surface area (Å²) in [4.78, 5) is 0. The summed E-state index contributed by atoms with van der Waals surface area (Å²) in [6.07, 6.45) is 5.64. The van der Waals surface area contributed by atoms with E-state index in [0.29, 0.717) is 6.61 Å². The summed E-state index contributed by atoms with van der Waals surface area (Å²) >= 11 is 3.46. The minimum absolute atomic E-state index is 0.476. The first kappa shape index (κ1) is 16.6. The van der Waals surface area contributed by atoms with E-state index >= 15 is 0 Å². The van der Waals surface area contributed by atoms with Crippen molar-refractivity contribution in [1.82, 2.24) is 14.2 Å². The van der Waals surface area contributed by atoms with Gasteiger partial charge in [-0.1, -0.05) is 46.3 Å². The summed E-state index contributed by atoms with van der Waals surface area (Å²) in [6, 6.07) is 18.5. The molecule has 0 bridgehead atoms. The average Bonchev–Trinajstić information content (AvgIpc) is 3.12. The number of rotatable bonds is 4. The van der Waals surface area contributed by atoms with Crippen molar-refractivity contribution < 1.29 is 4.74 Å². The van der Waals surface area contributed by atoms with Crippen molar-refractivity contribution in [2.45, 2.75) is 32.4 Å². The summed E-state index contributed by atoms with van der Waals surface area (Å²) in [5, 5.41) is 4.85. The van der Waals surface area contributed by atoms with Crippen molar-refractivity contribution >= 4 is 21.6 Å². The Labute approximate surface area is 166 Å². The topological polar surface area (TPSA) is 31.5 Å². The third kappa shape index (κ3) is 3.06. The second-order valence-electron chi connectivity index (χ2n) is 6.92. The summed E-state index contributed by atoms with van der Waals surface area (Å²) in [5.74, 6) is 1.84. The average molecular weight is 422 g/mol. The molecule has 0 aliphatic carbocycles. The Morgan fingerprint density at radius 1 is 1.00 bits per heavy atom. The standard InChI is InChI=1S/C22H20BrN3O/c23-17-9-11-18(12-10-17)27-15-21-24-26-14-20(16-6-2-1-3-7-16)19-8-4-5-13-25(21)22(19)26/h1-3,6-7,9-12,14H,4-5,8,13,15H2. The maximum Gasteiger partial charge on any atom is 0.169 e. The Morgan fingerprint density at radius 3 is 2.63 bits per heavy atom. The number of halogens is 1. The second-order valence-corrected chi connectivity index (χ2v) is 7.84. The monoisotopic (exact) mass is 421 g/mol. The molecule has 27 heavy (non-hydrogen) atoms. The number of hydrogen-bond donors (Lipinski definition) is 0. The molecule has 0 spiro atoms. The van der Waals surface area contributed by atoms with Crippen molar-refractivity contribution in [3.8, 4) is 16.9 Å². The molecule has 2 aromatic heterocycles. The zero-order valence-electron chi connectivity index (χ0n) is 14.9. The Morgan fingerprint density at radius 2 is 1.81 bits per heavy atom. The third-order valence-corrected chi connectivity index (χ3v) is 5.71. The fourth-order valence-electron chi connectivity index (χ4n) is 3.89. The largest absolute Gasteiger partial charge is 0.486 e. The van der Waals surface area contributed by atoms with Gasteiger partial charge in [-0.2, -0.15) is 0 Å². The summed E-state index contributed by atoms with van der Waals surface area (Å²) in [5.41, 5.74) is 5.19. The lowest BCUT2D eigenvalue weighted by Crippen LogP contribution is -2.07. The Bertz CT molecular complexity index is 1080.